The van der Waals surface area contributed by atoms with E-state index in [1.54, 1.807) is 22.7 Å². The van der Waals surface area contributed by atoms with Gasteiger partial charge in [0.05, 0.1) is 31.0 Å². The highest BCUT2D eigenvalue weighted by molar-refractivity contribution is 7.13. The van der Waals surface area contributed by atoms with E-state index in [0.717, 1.165) is 48.4 Å². The molecule has 25 heavy (non-hydrogen) atoms. The van der Waals surface area contributed by atoms with Crippen LogP contribution in [0, 0.1) is 13.8 Å². The van der Waals surface area contributed by atoms with Crippen LogP contribution in [0.1, 0.15) is 27.9 Å². The van der Waals surface area contributed by atoms with Gasteiger partial charge in [0.15, 0.2) is 5.13 Å². The zero-order chi connectivity index (χ0) is 17.8. The minimum Gasteiger partial charge on any atom is -0.378 e. The Morgan fingerprint density at radius 3 is 2.84 bits per heavy atom. The van der Waals surface area contributed by atoms with Crippen LogP contribution < -0.4 is 10.3 Å². The van der Waals surface area contributed by atoms with Gasteiger partial charge in [0.1, 0.15) is 0 Å². The molecule has 2 aromatic rings. The van der Waals surface area contributed by atoms with Gasteiger partial charge in [0.2, 0.25) is 5.91 Å². The monoisotopic (exact) mass is 378 g/mol. The Bertz CT molecular complexity index is 775. The van der Waals surface area contributed by atoms with Crippen LogP contribution in [0.2, 0.25) is 0 Å². The molecule has 1 aliphatic heterocycles. The lowest BCUT2D eigenvalue weighted by Crippen LogP contribution is -2.36. The Hall–Kier alpha value is -1.77. The number of carbonyl (C=O) groups excluding carboxylic acids is 1. The van der Waals surface area contributed by atoms with E-state index in [4.69, 9.17) is 4.74 Å². The number of nitrogens with zero attached hydrogens (tertiary/aromatic N) is 3. The Balaban J connectivity index is 1.56. The molecule has 0 radical (unpaired) electrons. The first-order valence-electron chi connectivity index (χ1n) is 8.20. The van der Waals surface area contributed by atoms with E-state index in [0.29, 0.717) is 0 Å². The third-order valence-corrected chi connectivity index (χ3v) is 5.86. The first kappa shape index (κ1) is 18.0. The number of nitrogens with one attached hydrogen (secondary N) is 1. The Kier molecular flexibility index (Phi) is 5.82. The lowest BCUT2D eigenvalue weighted by molar-refractivity contribution is -0.120. The Labute approximate surface area is 155 Å². The molecule has 3 heterocycles. The van der Waals surface area contributed by atoms with E-state index in [-0.39, 0.29) is 12.3 Å². The van der Waals surface area contributed by atoms with E-state index in [1.165, 1.54) is 9.75 Å². The molecule has 1 saturated heterocycles. The molecule has 1 amide bonds. The fraction of sp³-hybridized carbons (Fsp3) is 0.471. The minimum absolute atomic E-state index is 0.150. The lowest BCUT2D eigenvalue weighted by atomic mass is 10.2. The third kappa shape index (κ3) is 4.65. The summed E-state index contributed by atoms with van der Waals surface area (Å²) in [5.41, 5.74) is 5.33. The van der Waals surface area contributed by atoms with Gasteiger partial charge < -0.3 is 9.64 Å². The van der Waals surface area contributed by atoms with Crippen molar-refractivity contribution in [1.82, 2.24) is 10.4 Å². The highest BCUT2D eigenvalue weighted by Gasteiger charge is 2.15. The molecule has 0 saturated carbocycles. The number of amides is 1. The zero-order valence-corrected chi connectivity index (χ0v) is 16.3. The van der Waals surface area contributed by atoms with Gasteiger partial charge in [-0.1, -0.05) is 0 Å². The molecule has 8 heteroatoms. The Morgan fingerprint density at radius 1 is 1.40 bits per heavy atom. The molecule has 134 valence electrons. The van der Waals surface area contributed by atoms with Crippen LogP contribution in [0.5, 0.6) is 0 Å². The van der Waals surface area contributed by atoms with Crippen LogP contribution in [0.3, 0.4) is 0 Å². The number of thiazole rings is 1. The molecule has 1 fully saturated rings. The van der Waals surface area contributed by atoms with Crippen LogP contribution >= 0.6 is 22.7 Å². The number of morpholine rings is 1. The second kappa shape index (κ2) is 8.07. The maximum Gasteiger partial charge on any atom is 0.246 e. The van der Waals surface area contributed by atoms with Gasteiger partial charge >= 0.3 is 0 Å². The molecular weight excluding hydrogens is 356 g/mol. The quantitative estimate of drug-likeness (QED) is 0.642. The first-order chi connectivity index (χ1) is 12.0. The second-order valence-electron chi connectivity index (χ2n) is 5.96. The summed E-state index contributed by atoms with van der Waals surface area (Å²) in [7, 11) is 0. The predicted octanol–water partition coefficient (Wildman–Crippen LogP) is 2.74. The van der Waals surface area contributed by atoms with Crippen LogP contribution in [-0.4, -0.2) is 42.9 Å². The number of aryl methyl sites for hydroxylation is 2. The van der Waals surface area contributed by atoms with Crippen molar-refractivity contribution < 1.29 is 9.53 Å². The summed E-state index contributed by atoms with van der Waals surface area (Å²) in [4.78, 5) is 21.3. The maximum atomic E-state index is 12.1. The second-order valence-corrected chi connectivity index (χ2v) is 8.25. The van der Waals surface area contributed by atoms with Gasteiger partial charge in [-0.05, 0) is 26.8 Å². The molecule has 3 rings (SSSR count). The van der Waals surface area contributed by atoms with Gasteiger partial charge in [-0.15, -0.1) is 22.7 Å². The summed E-state index contributed by atoms with van der Waals surface area (Å²) in [5, 5.41) is 7.13. The molecule has 0 aliphatic carbocycles. The van der Waals surface area contributed by atoms with Gasteiger partial charge in [-0.2, -0.15) is 5.10 Å². The average Bonchev–Trinajstić information content (AvgIpc) is 3.19. The fourth-order valence-electron chi connectivity index (χ4n) is 2.68. The molecule has 0 aromatic carbocycles. The summed E-state index contributed by atoms with van der Waals surface area (Å²) in [6.45, 7) is 9.20. The number of hydrazone groups is 1. The van der Waals surface area contributed by atoms with Crippen LogP contribution in [-0.2, 0) is 16.0 Å². The molecule has 0 unspecified atom stereocenters. The molecule has 1 N–H and O–H groups in total. The van der Waals surface area contributed by atoms with Crippen molar-refractivity contribution in [2.45, 2.75) is 27.2 Å². The minimum atomic E-state index is -0.150. The Morgan fingerprint density at radius 2 is 2.16 bits per heavy atom. The predicted molar refractivity (Wildman–Crippen MR) is 103 cm³/mol. The van der Waals surface area contributed by atoms with Gasteiger partial charge in [0.25, 0.3) is 0 Å². The highest BCUT2D eigenvalue weighted by Crippen LogP contribution is 2.22. The number of thiophene rings is 1. The average molecular weight is 379 g/mol. The molecule has 0 bridgehead atoms. The molecule has 0 atom stereocenters. The van der Waals surface area contributed by atoms with Gasteiger partial charge in [-0.3, -0.25) is 4.79 Å². The van der Waals surface area contributed by atoms with E-state index < -0.39 is 0 Å². The summed E-state index contributed by atoms with van der Waals surface area (Å²) >= 11 is 3.30. The molecule has 1 aliphatic rings. The van der Waals surface area contributed by atoms with Crippen LogP contribution in [0.25, 0.3) is 0 Å². The van der Waals surface area contributed by atoms with Crippen molar-refractivity contribution in [2.75, 3.05) is 31.2 Å². The van der Waals surface area contributed by atoms with Crippen LogP contribution in [0.4, 0.5) is 5.13 Å². The number of hydrogen-bond donors (Lipinski definition) is 1. The topological polar surface area (TPSA) is 66.8 Å². The number of ether oxygens (including phenoxy) is 1. The summed E-state index contributed by atoms with van der Waals surface area (Å²) < 4.78 is 5.35. The van der Waals surface area contributed by atoms with Crippen molar-refractivity contribution in [3.8, 4) is 0 Å². The number of anilines is 1. The van der Waals surface area contributed by atoms with E-state index in [9.17, 15) is 4.79 Å². The molecule has 0 spiro atoms. The van der Waals surface area contributed by atoms with Crippen molar-refractivity contribution in [1.29, 1.82) is 0 Å². The summed E-state index contributed by atoms with van der Waals surface area (Å²) in [6, 6.07) is 2.10. The van der Waals surface area contributed by atoms with Gasteiger partial charge in [0, 0.05) is 33.8 Å². The van der Waals surface area contributed by atoms with E-state index >= 15 is 0 Å². The van der Waals surface area contributed by atoms with E-state index in [2.05, 4.69) is 40.3 Å². The summed E-state index contributed by atoms with van der Waals surface area (Å²) in [5.74, 6) is -0.150. The molecular formula is C17H22N4O2S2. The molecule has 6 nitrogen and oxygen atoms in total. The van der Waals surface area contributed by atoms with E-state index in [1.807, 2.05) is 12.3 Å². The highest BCUT2D eigenvalue weighted by atomic mass is 32.1. The lowest BCUT2D eigenvalue weighted by Gasteiger charge is -2.26. The largest absolute Gasteiger partial charge is 0.378 e. The number of hydrogen-bond acceptors (Lipinski definition) is 7. The SMILES string of the molecule is C/C(=N/NC(=O)Cc1csc(N2CCOCC2)n1)c1cc(C)sc1C. The first-order valence-corrected chi connectivity index (χ1v) is 9.90. The number of aromatic nitrogens is 1. The van der Waals surface area contributed by atoms with Gasteiger partial charge in [-0.25, -0.2) is 10.4 Å². The van der Waals surface area contributed by atoms with Crippen molar-refractivity contribution in [2.24, 2.45) is 5.10 Å². The fourth-order valence-corrected chi connectivity index (χ4v) is 4.53. The third-order valence-electron chi connectivity index (χ3n) is 3.94. The van der Waals surface area contributed by atoms with Crippen molar-refractivity contribution in [3.05, 3.63) is 32.5 Å². The van der Waals surface area contributed by atoms with Crippen molar-refractivity contribution >= 4 is 39.4 Å². The number of rotatable bonds is 5. The standard InChI is InChI=1S/C17H22N4O2S2/c1-11-8-15(13(3)25-11)12(2)19-20-16(22)9-14-10-24-17(18-14)21-4-6-23-7-5-21/h8,10H,4-7,9H2,1-3H3,(H,20,22)/b19-12-. The van der Waals surface area contributed by atoms with Crippen LogP contribution in [0.15, 0.2) is 16.5 Å². The normalized spacial score (nSPS) is 15.5. The molecule has 2 aromatic heterocycles. The maximum absolute atomic E-state index is 12.1. The zero-order valence-electron chi connectivity index (χ0n) is 14.7. The summed E-state index contributed by atoms with van der Waals surface area (Å²) in [6.07, 6.45) is 0.235. The number of carbonyl (C=O) groups is 1. The van der Waals surface area contributed by atoms with Crippen molar-refractivity contribution in [3.63, 3.8) is 0 Å². The smallest absolute Gasteiger partial charge is 0.246 e.